The number of pyridine rings is 2. The summed E-state index contributed by atoms with van der Waals surface area (Å²) in [5.74, 6) is -1.07. The Labute approximate surface area is 184 Å². The number of aromatic hydroxyl groups is 1. The Hall–Kier alpha value is -3.26. The average molecular weight is 439 g/mol. The van der Waals surface area contributed by atoms with E-state index in [4.69, 9.17) is 0 Å². The van der Waals surface area contributed by atoms with Crippen LogP contribution in [0, 0.1) is 11.7 Å². The number of nitrogens with zero attached hydrogens (tertiary/aromatic N) is 2. The van der Waals surface area contributed by atoms with Gasteiger partial charge in [0, 0.05) is 6.20 Å². The molecule has 0 bridgehead atoms. The van der Waals surface area contributed by atoms with E-state index in [1.807, 2.05) is 0 Å². The summed E-state index contributed by atoms with van der Waals surface area (Å²) < 4.78 is 14.6. The lowest BCUT2D eigenvalue weighted by atomic mass is 9.77. The summed E-state index contributed by atoms with van der Waals surface area (Å²) in [6, 6.07) is 8.87. The minimum atomic E-state index is -0.825. The van der Waals surface area contributed by atoms with Gasteiger partial charge in [0.25, 0.3) is 11.5 Å². The van der Waals surface area contributed by atoms with Crippen molar-refractivity contribution in [2.75, 3.05) is 6.61 Å². The number of benzene rings is 1. The summed E-state index contributed by atoms with van der Waals surface area (Å²) in [6.07, 6.45) is 4.38. The highest BCUT2D eigenvalue weighted by Crippen LogP contribution is 2.33. The molecule has 3 aromatic rings. The fourth-order valence-corrected chi connectivity index (χ4v) is 4.33. The quantitative estimate of drug-likeness (QED) is 0.567. The smallest absolute Gasteiger partial charge is 0.269 e. The first-order valence-electron chi connectivity index (χ1n) is 10.7. The molecule has 1 aliphatic carbocycles. The van der Waals surface area contributed by atoms with Gasteiger partial charge < -0.3 is 15.5 Å². The number of nitrogens with one attached hydrogen (secondary N) is 1. The van der Waals surface area contributed by atoms with Gasteiger partial charge in [-0.15, -0.1) is 0 Å². The van der Waals surface area contributed by atoms with Crippen molar-refractivity contribution in [1.82, 2.24) is 14.9 Å². The zero-order chi connectivity index (χ0) is 22.9. The predicted molar refractivity (Wildman–Crippen MR) is 118 cm³/mol. The molecule has 7 nitrogen and oxygen atoms in total. The van der Waals surface area contributed by atoms with Gasteiger partial charge in [-0.1, -0.05) is 19.1 Å². The van der Waals surface area contributed by atoms with Crippen LogP contribution in [0.25, 0.3) is 11.0 Å². The SMILES string of the molecule is CC1CCC(CO)(NC(=O)c2c(O)c3cccnc3n(Cc3ccc(F)cc3)c2=O)CC1. The standard InChI is InChI=1S/C24H26FN3O4/c1-15-8-10-24(14-29,11-9-15)27-22(31)19-20(30)18-3-2-12-26-21(18)28(23(19)32)13-16-4-6-17(25)7-5-16/h2-7,12,15,29-30H,8-11,13-14H2,1H3,(H,27,31). The minimum absolute atomic E-state index is 0.0514. The van der Waals surface area contributed by atoms with Crippen LogP contribution in [0.4, 0.5) is 4.39 Å². The van der Waals surface area contributed by atoms with Crippen molar-refractivity contribution < 1.29 is 19.4 Å². The van der Waals surface area contributed by atoms with Crippen molar-refractivity contribution in [2.45, 2.75) is 44.7 Å². The first kappa shape index (κ1) is 22.0. The molecule has 2 aromatic heterocycles. The molecule has 0 radical (unpaired) electrons. The third-order valence-corrected chi connectivity index (χ3v) is 6.39. The average Bonchev–Trinajstić information content (AvgIpc) is 2.80. The Morgan fingerprint density at radius 3 is 2.59 bits per heavy atom. The third-order valence-electron chi connectivity index (χ3n) is 6.39. The lowest BCUT2D eigenvalue weighted by molar-refractivity contribution is 0.0713. The molecule has 3 N–H and O–H groups in total. The molecule has 0 spiro atoms. The van der Waals surface area contributed by atoms with Crippen molar-refractivity contribution >= 4 is 16.9 Å². The van der Waals surface area contributed by atoms with Crippen LogP contribution >= 0.6 is 0 Å². The van der Waals surface area contributed by atoms with Crippen molar-refractivity contribution in [1.29, 1.82) is 0 Å². The van der Waals surface area contributed by atoms with Crippen LogP contribution in [0.1, 0.15) is 48.5 Å². The maximum atomic E-state index is 13.4. The first-order chi connectivity index (χ1) is 15.3. The topological polar surface area (TPSA) is 104 Å². The van der Waals surface area contributed by atoms with Crippen LogP contribution in [-0.2, 0) is 6.54 Å². The van der Waals surface area contributed by atoms with Crippen LogP contribution < -0.4 is 10.9 Å². The maximum Gasteiger partial charge on any atom is 0.269 e. The number of amides is 1. The molecule has 1 aromatic carbocycles. The van der Waals surface area contributed by atoms with Crippen molar-refractivity contribution in [3.8, 4) is 5.75 Å². The van der Waals surface area contributed by atoms with Gasteiger partial charge in [-0.3, -0.25) is 14.2 Å². The van der Waals surface area contributed by atoms with Gasteiger partial charge in [-0.25, -0.2) is 9.37 Å². The summed E-state index contributed by atoms with van der Waals surface area (Å²) >= 11 is 0. The lowest BCUT2D eigenvalue weighted by Crippen LogP contribution is -2.54. The molecule has 0 aliphatic heterocycles. The van der Waals surface area contributed by atoms with Crippen molar-refractivity contribution in [2.24, 2.45) is 5.92 Å². The van der Waals surface area contributed by atoms with E-state index >= 15 is 0 Å². The number of halogens is 1. The lowest BCUT2D eigenvalue weighted by Gasteiger charge is -2.38. The Balaban J connectivity index is 1.78. The van der Waals surface area contributed by atoms with E-state index in [2.05, 4.69) is 17.2 Å². The van der Waals surface area contributed by atoms with Crippen LogP contribution in [0.3, 0.4) is 0 Å². The van der Waals surface area contributed by atoms with Gasteiger partial charge in [0.15, 0.2) is 0 Å². The Kier molecular flexibility index (Phi) is 5.97. The van der Waals surface area contributed by atoms with E-state index in [1.54, 1.807) is 24.3 Å². The number of aliphatic hydroxyl groups excluding tert-OH is 1. The fourth-order valence-electron chi connectivity index (χ4n) is 4.33. The summed E-state index contributed by atoms with van der Waals surface area (Å²) in [5.41, 5.74) is -1.05. The van der Waals surface area contributed by atoms with E-state index in [9.17, 15) is 24.2 Å². The molecule has 0 unspecified atom stereocenters. The first-order valence-corrected chi connectivity index (χ1v) is 10.7. The van der Waals surface area contributed by atoms with Gasteiger partial charge in [0.1, 0.15) is 22.8 Å². The Bertz CT molecular complexity index is 1200. The van der Waals surface area contributed by atoms with Crippen LogP contribution in [0.2, 0.25) is 0 Å². The van der Waals surface area contributed by atoms with Crippen LogP contribution in [-0.4, -0.2) is 37.8 Å². The molecule has 32 heavy (non-hydrogen) atoms. The molecular weight excluding hydrogens is 413 g/mol. The molecule has 4 rings (SSSR count). The highest BCUT2D eigenvalue weighted by atomic mass is 19.1. The summed E-state index contributed by atoms with van der Waals surface area (Å²) in [5, 5.41) is 23.9. The Morgan fingerprint density at radius 2 is 1.94 bits per heavy atom. The van der Waals surface area contributed by atoms with E-state index < -0.39 is 28.6 Å². The van der Waals surface area contributed by atoms with Crippen molar-refractivity contribution in [3.63, 3.8) is 0 Å². The molecular formula is C24H26FN3O4. The summed E-state index contributed by atoms with van der Waals surface area (Å²) in [6.45, 7) is 1.93. The van der Waals surface area contributed by atoms with Crippen LogP contribution in [0.15, 0.2) is 47.4 Å². The molecule has 2 heterocycles. The number of hydrogen-bond acceptors (Lipinski definition) is 5. The number of aromatic nitrogens is 2. The molecule has 8 heteroatoms. The van der Waals surface area contributed by atoms with Gasteiger partial charge in [0.2, 0.25) is 0 Å². The maximum absolute atomic E-state index is 13.4. The molecule has 0 atom stereocenters. The predicted octanol–water partition coefficient (Wildman–Crippen LogP) is 2.96. The van der Waals surface area contributed by atoms with Gasteiger partial charge in [-0.2, -0.15) is 0 Å². The molecule has 1 saturated carbocycles. The van der Waals surface area contributed by atoms with Gasteiger partial charge in [0.05, 0.1) is 24.1 Å². The molecule has 0 saturated heterocycles. The highest BCUT2D eigenvalue weighted by molar-refractivity contribution is 6.02. The number of aliphatic hydroxyl groups is 1. The molecule has 1 amide bonds. The molecule has 168 valence electrons. The second-order valence-corrected chi connectivity index (χ2v) is 8.69. The summed E-state index contributed by atoms with van der Waals surface area (Å²) in [4.78, 5) is 30.8. The van der Waals surface area contributed by atoms with Gasteiger partial charge in [-0.05, 0) is 61.4 Å². The number of rotatable bonds is 5. The third kappa shape index (κ3) is 4.10. The fraction of sp³-hybridized carbons (Fsp3) is 0.375. The largest absolute Gasteiger partial charge is 0.506 e. The number of hydrogen-bond donors (Lipinski definition) is 3. The van der Waals surface area contributed by atoms with E-state index in [-0.39, 0.29) is 29.7 Å². The van der Waals surface area contributed by atoms with E-state index in [0.29, 0.717) is 24.3 Å². The number of carbonyl (C=O) groups is 1. The number of fused-ring (bicyclic) bond motifs is 1. The zero-order valence-electron chi connectivity index (χ0n) is 17.8. The molecule has 1 aliphatic rings. The highest BCUT2D eigenvalue weighted by Gasteiger charge is 2.36. The second-order valence-electron chi connectivity index (χ2n) is 8.69. The van der Waals surface area contributed by atoms with E-state index in [0.717, 1.165) is 12.8 Å². The minimum Gasteiger partial charge on any atom is -0.506 e. The summed E-state index contributed by atoms with van der Waals surface area (Å²) in [7, 11) is 0. The number of carbonyl (C=O) groups excluding carboxylic acids is 1. The van der Waals surface area contributed by atoms with Crippen molar-refractivity contribution in [3.05, 3.63) is 69.9 Å². The normalized spacial score (nSPS) is 20.9. The Morgan fingerprint density at radius 1 is 1.25 bits per heavy atom. The van der Waals surface area contributed by atoms with E-state index in [1.165, 1.54) is 22.9 Å². The molecule has 1 fully saturated rings. The monoisotopic (exact) mass is 439 g/mol. The second kappa shape index (κ2) is 8.70. The van der Waals surface area contributed by atoms with Crippen LogP contribution in [0.5, 0.6) is 5.75 Å². The van der Waals surface area contributed by atoms with Gasteiger partial charge >= 0.3 is 0 Å². The zero-order valence-corrected chi connectivity index (χ0v) is 17.8.